The zero-order valence-corrected chi connectivity index (χ0v) is 11.6. The van der Waals surface area contributed by atoms with Crippen LogP contribution in [0.3, 0.4) is 0 Å². The topological polar surface area (TPSA) is 41.1 Å². The molecule has 0 rings (SSSR count). The van der Waals surface area contributed by atoms with Crippen LogP contribution in [0.5, 0.6) is 0 Å². The number of alkyl halides is 3. The molecule has 114 valence electrons. The van der Waals surface area contributed by atoms with Gasteiger partial charge in [-0.05, 0) is 6.42 Å². The van der Waals surface area contributed by atoms with Crippen LogP contribution < -0.4 is 10.6 Å². The van der Waals surface area contributed by atoms with Crippen molar-refractivity contribution >= 4 is 6.03 Å². The van der Waals surface area contributed by atoms with Gasteiger partial charge in [0.2, 0.25) is 0 Å². The van der Waals surface area contributed by atoms with Crippen LogP contribution in [0.1, 0.15) is 58.3 Å². The van der Waals surface area contributed by atoms with E-state index in [0.717, 1.165) is 19.3 Å². The molecule has 2 N–H and O–H groups in total. The Bertz CT molecular complexity index is 232. The summed E-state index contributed by atoms with van der Waals surface area (Å²) in [6.07, 6.45) is 4.81. The summed E-state index contributed by atoms with van der Waals surface area (Å²) in [6.45, 7) is 1.32. The zero-order chi connectivity index (χ0) is 14.6. The lowest BCUT2D eigenvalue weighted by atomic mass is 10.1. The van der Waals surface area contributed by atoms with Gasteiger partial charge in [0.25, 0.3) is 0 Å². The summed E-state index contributed by atoms with van der Waals surface area (Å²) in [6, 6.07) is -0.750. The maximum absolute atomic E-state index is 11.8. The van der Waals surface area contributed by atoms with Crippen LogP contribution in [0.15, 0.2) is 0 Å². The second kappa shape index (κ2) is 10.9. The summed E-state index contributed by atoms with van der Waals surface area (Å²) in [5, 5.41) is 4.19. The first-order valence-electron chi connectivity index (χ1n) is 7.04. The summed E-state index contributed by atoms with van der Waals surface area (Å²) >= 11 is 0. The quantitative estimate of drug-likeness (QED) is 0.584. The standard InChI is InChI=1S/C13H25F3N2O/c1-2-3-4-5-6-7-8-9-10-17-12(19)18-11-13(14,15)16/h2-11H2,1H3,(H2,17,18,19). The van der Waals surface area contributed by atoms with Crippen LogP contribution in [0.25, 0.3) is 0 Å². The average molecular weight is 282 g/mol. The van der Waals surface area contributed by atoms with Gasteiger partial charge in [-0.15, -0.1) is 0 Å². The van der Waals surface area contributed by atoms with Gasteiger partial charge < -0.3 is 10.6 Å². The Morgan fingerprint density at radius 3 is 1.95 bits per heavy atom. The minimum absolute atomic E-state index is 0.429. The molecule has 0 heterocycles. The van der Waals surface area contributed by atoms with Crippen LogP contribution in [0, 0.1) is 0 Å². The molecule has 0 aliphatic carbocycles. The Kier molecular flexibility index (Phi) is 10.4. The number of halogens is 3. The molecular formula is C13H25F3N2O. The summed E-state index contributed by atoms with van der Waals surface area (Å²) < 4.78 is 35.4. The van der Waals surface area contributed by atoms with Gasteiger partial charge in [-0.25, -0.2) is 4.79 Å². The molecule has 19 heavy (non-hydrogen) atoms. The van der Waals surface area contributed by atoms with E-state index in [-0.39, 0.29) is 0 Å². The van der Waals surface area contributed by atoms with Gasteiger partial charge in [0.05, 0.1) is 0 Å². The van der Waals surface area contributed by atoms with Gasteiger partial charge in [0, 0.05) is 6.54 Å². The predicted molar refractivity (Wildman–Crippen MR) is 70.1 cm³/mol. The van der Waals surface area contributed by atoms with Crippen LogP contribution in [0.4, 0.5) is 18.0 Å². The molecule has 0 aliphatic heterocycles. The Labute approximate surface area is 113 Å². The molecule has 3 nitrogen and oxygen atoms in total. The highest BCUT2D eigenvalue weighted by atomic mass is 19.4. The Morgan fingerprint density at radius 1 is 0.895 bits per heavy atom. The number of carbonyl (C=O) groups excluding carboxylic acids is 1. The van der Waals surface area contributed by atoms with E-state index >= 15 is 0 Å². The molecule has 0 unspecified atom stereocenters. The molecule has 0 saturated heterocycles. The maximum Gasteiger partial charge on any atom is 0.405 e. The van der Waals surface area contributed by atoms with Crippen molar-refractivity contribution < 1.29 is 18.0 Å². The van der Waals surface area contributed by atoms with Crippen LogP contribution in [0.2, 0.25) is 0 Å². The van der Waals surface area contributed by atoms with E-state index in [1.54, 1.807) is 5.32 Å². The number of nitrogens with one attached hydrogen (secondary N) is 2. The highest BCUT2D eigenvalue weighted by molar-refractivity contribution is 5.73. The minimum atomic E-state index is -4.35. The van der Waals surface area contributed by atoms with Crippen molar-refractivity contribution in [1.29, 1.82) is 0 Å². The number of unbranched alkanes of at least 4 members (excludes halogenated alkanes) is 7. The van der Waals surface area contributed by atoms with Gasteiger partial charge >= 0.3 is 12.2 Å². The van der Waals surface area contributed by atoms with E-state index in [4.69, 9.17) is 0 Å². The summed E-state index contributed by atoms with van der Waals surface area (Å²) in [5.74, 6) is 0. The molecule has 0 atom stereocenters. The van der Waals surface area contributed by atoms with Crippen molar-refractivity contribution in [2.45, 2.75) is 64.5 Å². The highest BCUT2D eigenvalue weighted by Crippen LogP contribution is 2.12. The fourth-order valence-electron chi connectivity index (χ4n) is 1.70. The fraction of sp³-hybridized carbons (Fsp3) is 0.923. The Morgan fingerprint density at radius 2 is 1.42 bits per heavy atom. The predicted octanol–water partition coefficient (Wildman–Crippen LogP) is 3.99. The van der Waals surface area contributed by atoms with Crippen molar-refractivity contribution in [3.05, 3.63) is 0 Å². The monoisotopic (exact) mass is 282 g/mol. The average Bonchev–Trinajstić information content (AvgIpc) is 2.33. The van der Waals surface area contributed by atoms with Gasteiger partial charge in [-0.2, -0.15) is 13.2 Å². The van der Waals surface area contributed by atoms with Crippen LogP contribution >= 0.6 is 0 Å². The van der Waals surface area contributed by atoms with Gasteiger partial charge in [-0.1, -0.05) is 51.9 Å². The van der Waals surface area contributed by atoms with E-state index in [9.17, 15) is 18.0 Å². The van der Waals surface area contributed by atoms with Crippen molar-refractivity contribution in [1.82, 2.24) is 10.6 Å². The molecule has 0 bridgehead atoms. The number of hydrogen-bond donors (Lipinski definition) is 2. The first-order valence-corrected chi connectivity index (χ1v) is 7.04. The zero-order valence-electron chi connectivity index (χ0n) is 11.6. The second-order valence-corrected chi connectivity index (χ2v) is 4.70. The van der Waals surface area contributed by atoms with E-state index in [2.05, 4.69) is 12.2 Å². The molecule has 0 aromatic rings. The molecular weight excluding hydrogens is 257 g/mol. The SMILES string of the molecule is CCCCCCCCCCNC(=O)NCC(F)(F)F. The number of urea groups is 1. The number of hydrogen-bond acceptors (Lipinski definition) is 1. The third kappa shape index (κ3) is 15.0. The molecule has 0 aromatic carbocycles. The molecule has 0 fully saturated rings. The summed E-state index contributed by atoms with van der Waals surface area (Å²) in [5.41, 5.74) is 0. The number of rotatable bonds is 10. The highest BCUT2D eigenvalue weighted by Gasteiger charge is 2.27. The lowest BCUT2D eigenvalue weighted by Gasteiger charge is -2.09. The Hall–Kier alpha value is -0.940. The maximum atomic E-state index is 11.8. The Balaban J connectivity index is 3.23. The largest absolute Gasteiger partial charge is 0.405 e. The molecule has 0 aliphatic rings. The molecule has 0 spiro atoms. The lowest BCUT2D eigenvalue weighted by Crippen LogP contribution is -2.41. The number of amides is 2. The van der Waals surface area contributed by atoms with E-state index in [0.29, 0.717) is 6.54 Å². The smallest absolute Gasteiger partial charge is 0.338 e. The van der Waals surface area contributed by atoms with E-state index < -0.39 is 18.8 Å². The lowest BCUT2D eigenvalue weighted by molar-refractivity contribution is -0.122. The molecule has 6 heteroatoms. The molecule has 0 saturated carbocycles. The molecule has 2 amide bonds. The van der Waals surface area contributed by atoms with Crippen LogP contribution in [-0.2, 0) is 0 Å². The third-order valence-electron chi connectivity index (χ3n) is 2.77. The van der Waals surface area contributed by atoms with E-state index in [1.807, 2.05) is 0 Å². The van der Waals surface area contributed by atoms with Crippen molar-refractivity contribution in [2.24, 2.45) is 0 Å². The first-order chi connectivity index (χ1) is 8.95. The van der Waals surface area contributed by atoms with Gasteiger partial charge in [0.15, 0.2) is 0 Å². The van der Waals surface area contributed by atoms with Crippen molar-refractivity contribution in [2.75, 3.05) is 13.1 Å². The van der Waals surface area contributed by atoms with Crippen molar-refractivity contribution in [3.63, 3.8) is 0 Å². The van der Waals surface area contributed by atoms with Gasteiger partial charge in [-0.3, -0.25) is 0 Å². The fourth-order valence-corrected chi connectivity index (χ4v) is 1.70. The summed E-state index contributed by atoms with van der Waals surface area (Å²) in [7, 11) is 0. The van der Waals surface area contributed by atoms with Crippen LogP contribution in [-0.4, -0.2) is 25.3 Å². The minimum Gasteiger partial charge on any atom is -0.338 e. The van der Waals surface area contributed by atoms with Crippen molar-refractivity contribution in [3.8, 4) is 0 Å². The first kappa shape index (κ1) is 18.1. The molecule has 0 aromatic heterocycles. The van der Waals surface area contributed by atoms with E-state index in [1.165, 1.54) is 32.1 Å². The number of carbonyl (C=O) groups is 1. The third-order valence-corrected chi connectivity index (χ3v) is 2.77. The van der Waals surface area contributed by atoms with Gasteiger partial charge in [0.1, 0.15) is 6.54 Å². The normalized spacial score (nSPS) is 11.4. The molecule has 0 radical (unpaired) electrons. The second-order valence-electron chi connectivity index (χ2n) is 4.70. The summed E-state index contributed by atoms with van der Waals surface area (Å²) in [4.78, 5) is 11.0.